The van der Waals surface area contributed by atoms with Gasteiger partial charge in [0.15, 0.2) is 6.61 Å². The minimum atomic E-state index is -0.623. The quantitative estimate of drug-likeness (QED) is 0.644. The number of nitrogens with one attached hydrogen (secondary N) is 1. The van der Waals surface area contributed by atoms with Crippen LogP contribution in [-0.4, -0.2) is 39.9 Å². The van der Waals surface area contributed by atoms with Crippen LogP contribution in [0, 0.1) is 13.8 Å². The van der Waals surface area contributed by atoms with Gasteiger partial charge in [-0.3, -0.25) is 9.59 Å². The molecule has 2 aromatic heterocycles. The lowest BCUT2D eigenvalue weighted by molar-refractivity contribution is -0.134. The zero-order valence-electron chi connectivity index (χ0n) is 15.9. The summed E-state index contributed by atoms with van der Waals surface area (Å²) < 4.78 is 5.23. The van der Waals surface area contributed by atoms with Crippen molar-refractivity contribution < 1.29 is 14.3 Å². The lowest BCUT2D eigenvalue weighted by atomic mass is 10.2. The van der Waals surface area contributed by atoms with Gasteiger partial charge >= 0.3 is 5.97 Å². The molecular weight excluding hydrogens is 378 g/mol. The van der Waals surface area contributed by atoms with E-state index in [1.807, 2.05) is 37.3 Å². The van der Waals surface area contributed by atoms with E-state index in [1.54, 1.807) is 18.7 Å². The van der Waals surface area contributed by atoms with Crippen molar-refractivity contribution in [2.45, 2.75) is 27.3 Å². The van der Waals surface area contributed by atoms with Crippen molar-refractivity contribution in [2.24, 2.45) is 0 Å². The fourth-order valence-electron chi connectivity index (χ4n) is 2.91. The molecule has 0 unspecified atom stereocenters. The van der Waals surface area contributed by atoms with Gasteiger partial charge in [0.2, 0.25) is 0 Å². The Morgan fingerprint density at radius 2 is 1.93 bits per heavy atom. The number of fused-ring (bicyclic) bond motifs is 1. The third kappa shape index (κ3) is 4.12. The van der Waals surface area contributed by atoms with Crippen LogP contribution in [0.5, 0.6) is 0 Å². The van der Waals surface area contributed by atoms with Crippen LogP contribution in [0.1, 0.15) is 33.5 Å². The molecule has 8 heteroatoms. The number of nitrogens with zero attached hydrogens (tertiary/aromatic N) is 2. The number of aromatic nitrogens is 2. The van der Waals surface area contributed by atoms with Gasteiger partial charge in [-0.25, -0.2) is 9.78 Å². The lowest BCUT2D eigenvalue weighted by Gasteiger charge is -2.20. The molecule has 0 aliphatic rings. The molecule has 2 heterocycles. The molecule has 0 saturated heterocycles. The molecule has 0 radical (unpaired) electrons. The molecule has 0 spiro atoms. The molecule has 3 rings (SSSR count). The molecule has 0 aliphatic heterocycles. The highest BCUT2D eigenvalue weighted by Gasteiger charge is 2.22. The Balaban J connectivity index is 1.70. The molecular formula is C20H21N3O4S. The molecule has 28 heavy (non-hydrogen) atoms. The van der Waals surface area contributed by atoms with Crippen LogP contribution in [0.15, 0.2) is 35.1 Å². The van der Waals surface area contributed by atoms with Gasteiger partial charge < -0.3 is 14.6 Å². The number of thiophene rings is 1. The number of amides is 1. The first-order valence-electron chi connectivity index (χ1n) is 8.89. The summed E-state index contributed by atoms with van der Waals surface area (Å²) in [6.45, 7) is 5.84. The molecule has 0 saturated carbocycles. The predicted octanol–water partition coefficient (Wildman–Crippen LogP) is 2.81. The number of benzene rings is 1. The summed E-state index contributed by atoms with van der Waals surface area (Å²) in [7, 11) is 0. The van der Waals surface area contributed by atoms with Crippen LogP contribution in [-0.2, 0) is 16.1 Å². The van der Waals surface area contributed by atoms with Crippen molar-refractivity contribution in [3.8, 4) is 0 Å². The number of carbonyl (C=O) groups excluding carboxylic acids is 2. The Labute approximate surface area is 166 Å². The van der Waals surface area contributed by atoms with Gasteiger partial charge in [0, 0.05) is 13.1 Å². The van der Waals surface area contributed by atoms with Gasteiger partial charge in [-0.15, -0.1) is 11.3 Å². The average molecular weight is 399 g/mol. The van der Waals surface area contributed by atoms with E-state index in [1.165, 1.54) is 0 Å². The number of rotatable bonds is 6. The molecule has 0 aliphatic carbocycles. The molecule has 0 atom stereocenters. The highest BCUT2D eigenvalue weighted by atomic mass is 32.1. The number of hydrogen-bond donors (Lipinski definition) is 1. The van der Waals surface area contributed by atoms with E-state index in [4.69, 9.17) is 4.74 Å². The van der Waals surface area contributed by atoms with Gasteiger partial charge in [-0.1, -0.05) is 30.3 Å². The third-order valence-corrected chi connectivity index (χ3v) is 5.55. The highest BCUT2D eigenvalue weighted by Crippen LogP contribution is 2.27. The normalized spacial score (nSPS) is 10.8. The Morgan fingerprint density at radius 3 is 2.61 bits per heavy atom. The van der Waals surface area contributed by atoms with E-state index in [0.29, 0.717) is 34.7 Å². The maximum absolute atomic E-state index is 12.5. The van der Waals surface area contributed by atoms with Crippen LogP contribution in [0.3, 0.4) is 0 Å². The summed E-state index contributed by atoms with van der Waals surface area (Å²) in [4.78, 5) is 46.3. The zero-order chi connectivity index (χ0) is 20.3. The molecule has 1 amide bonds. The fraction of sp³-hybridized carbons (Fsp3) is 0.300. The second-order valence-electron chi connectivity index (χ2n) is 6.36. The summed E-state index contributed by atoms with van der Waals surface area (Å²) in [6, 6.07) is 9.62. The van der Waals surface area contributed by atoms with Crippen molar-refractivity contribution >= 4 is 33.4 Å². The summed E-state index contributed by atoms with van der Waals surface area (Å²) in [5.74, 6) is -0.416. The predicted molar refractivity (Wildman–Crippen MR) is 108 cm³/mol. The smallest absolute Gasteiger partial charge is 0.349 e. The Morgan fingerprint density at radius 1 is 1.21 bits per heavy atom. The monoisotopic (exact) mass is 399 g/mol. The average Bonchev–Trinajstić information content (AvgIpc) is 3.01. The number of hydrogen-bond acceptors (Lipinski definition) is 6. The first kappa shape index (κ1) is 19.8. The van der Waals surface area contributed by atoms with Gasteiger partial charge in [0.25, 0.3) is 11.5 Å². The van der Waals surface area contributed by atoms with Crippen LogP contribution < -0.4 is 5.56 Å². The van der Waals surface area contributed by atoms with Gasteiger partial charge in [0.1, 0.15) is 15.5 Å². The number of aromatic amines is 1. The van der Waals surface area contributed by atoms with E-state index in [0.717, 1.165) is 16.9 Å². The first-order valence-corrected chi connectivity index (χ1v) is 9.71. The standard InChI is InChI=1S/C20H21N3O4S/c1-4-23(10-14-8-6-5-7-9-14)15(24)11-27-20(26)17-12(2)16-18(25)21-13(3)22-19(16)28-17/h5-9H,4,10-11H2,1-3H3,(H,21,22,25). The summed E-state index contributed by atoms with van der Waals surface area (Å²) in [5, 5.41) is 0.383. The molecule has 0 fully saturated rings. The first-order chi connectivity index (χ1) is 13.4. The molecule has 1 aromatic carbocycles. The number of H-pyrrole nitrogens is 1. The Kier molecular flexibility index (Phi) is 5.89. The molecule has 0 bridgehead atoms. The Bertz CT molecular complexity index is 1070. The van der Waals surface area contributed by atoms with E-state index >= 15 is 0 Å². The summed E-state index contributed by atoms with van der Waals surface area (Å²) in [5.41, 5.74) is 1.24. The van der Waals surface area contributed by atoms with Crippen molar-refractivity contribution in [1.29, 1.82) is 0 Å². The van der Waals surface area contributed by atoms with Crippen molar-refractivity contribution in [3.05, 3.63) is 62.5 Å². The summed E-state index contributed by atoms with van der Waals surface area (Å²) in [6.07, 6.45) is 0. The second kappa shape index (κ2) is 8.35. The SMILES string of the molecule is CCN(Cc1ccccc1)C(=O)COC(=O)c1sc2nc(C)[nH]c(=O)c2c1C. The van der Waals surface area contributed by atoms with Crippen molar-refractivity contribution in [2.75, 3.05) is 13.2 Å². The number of ether oxygens (including phenoxy) is 1. The third-order valence-electron chi connectivity index (χ3n) is 4.38. The largest absolute Gasteiger partial charge is 0.451 e. The van der Waals surface area contributed by atoms with E-state index in [9.17, 15) is 14.4 Å². The Hall–Kier alpha value is -3.00. The zero-order valence-corrected chi connectivity index (χ0v) is 16.8. The van der Waals surface area contributed by atoms with E-state index < -0.39 is 5.97 Å². The van der Waals surface area contributed by atoms with Crippen LogP contribution in [0.4, 0.5) is 0 Å². The maximum atomic E-state index is 12.5. The number of carbonyl (C=O) groups is 2. The number of aryl methyl sites for hydroxylation is 2. The minimum absolute atomic E-state index is 0.273. The van der Waals surface area contributed by atoms with E-state index in [2.05, 4.69) is 9.97 Å². The minimum Gasteiger partial charge on any atom is -0.451 e. The van der Waals surface area contributed by atoms with Crippen LogP contribution in [0.2, 0.25) is 0 Å². The summed E-state index contributed by atoms with van der Waals surface area (Å²) >= 11 is 1.10. The van der Waals surface area contributed by atoms with E-state index in [-0.39, 0.29) is 23.0 Å². The lowest BCUT2D eigenvalue weighted by Crippen LogP contribution is -2.34. The van der Waals surface area contributed by atoms with Crippen LogP contribution in [0.25, 0.3) is 10.2 Å². The number of esters is 1. The van der Waals surface area contributed by atoms with Gasteiger partial charge in [-0.05, 0) is 31.9 Å². The maximum Gasteiger partial charge on any atom is 0.349 e. The topological polar surface area (TPSA) is 92.4 Å². The van der Waals surface area contributed by atoms with Crippen LogP contribution >= 0.6 is 11.3 Å². The fourth-order valence-corrected chi connectivity index (χ4v) is 4.03. The van der Waals surface area contributed by atoms with Crippen molar-refractivity contribution in [1.82, 2.24) is 14.9 Å². The highest BCUT2D eigenvalue weighted by molar-refractivity contribution is 7.20. The van der Waals surface area contributed by atoms with Gasteiger partial charge in [-0.2, -0.15) is 0 Å². The molecule has 1 N–H and O–H groups in total. The molecule has 3 aromatic rings. The van der Waals surface area contributed by atoms with Gasteiger partial charge in [0.05, 0.1) is 5.39 Å². The molecule has 146 valence electrons. The van der Waals surface area contributed by atoms with Crippen molar-refractivity contribution in [3.63, 3.8) is 0 Å². The second-order valence-corrected chi connectivity index (χ2v) is 7.36. The number of likely N-dealkylation sites (N-methyl/N-ethyl adjacent to an activating group) is 1. The molecule has 7 nitrogen and oxygen atoms in total.